The lowest BCUT2D eigenvalue weighted by atomic mass is 9.95. The van der Waals surface area contributed by atoms with E-state index in [1.807, 2.05) is 62.3 Å². The van der Waals surface area contributed by atoms with Crippen LogP contribution >= 0.6 is 15.9 Å². The second kappa shape index (κ2) is 8.93. The number of nitrogens with zero attached hydrogens (tertiary/aromatic N) is 2. The van der Waals surface area contributed by atoms with E-state index in [0.717, 1.165) is 28.6 Å². The largest absolute Gasteiger partial charge is 0.507 e. The zero-order chi connectivity index (χ0) is 21.1. The van der Waals surface area contributed by atoms with Gasteiger partial charge in [0.05, 0.1) is 11.6 Å². The minimum atomic E-state index is -0.641. The number of hydrogen-bond donors (Lipinski definition) is 1. The highest BCUT2D eigenvalue weighted by molar-refractivity contribution is 9.10. The Hall–Kier alpha value is -2.44. The number of halogens is 1. The highest BCUT2D eigenvalue weighted by Gasteiger charge is 2.45. The number of rotatable bonds is 6. The minimum Gasteiger partial charge on any atom is -0.507 e. The summed E-state index contributed by atoms with van der Waals surface area (Å²) in [6.45, 7) is 3.19. The van der Waals surface area contributed by atoms with Gasteiger partial charge in [0.25, 0.3) is 11.7 Å². The van der Waals surface area contributed by atoms with Crippen LogP contribution in [0.15, 0.2) is 58.6 Å². The number of carbonyl (C=O) groups is 2. The Morgan fingerprint density at radius 2 is 1.83 bits per heavy atom. The van der Waals surface area contributed by atoms with Gasteiger partial charge in [0.15, 0.2) is 0 Å². The van der Waals surface area contributed by atoms with Crippen molar-refractivity contribution in [3.63, 3.8) is 0 Å². The average molecular weight is 457 g/mol. The highest BCUT2D eigenvalue weighted by atomic mass is 79.9. The van der Waals surface area contributed by atoms with Gasteiger partial charge in [-0.15, -0.1) is 0 Å². The van der Waals surface area contributed by atoms with Crippen LogP contribution in [0.4, 0.5) is 0 Å². The quantitative estimate of drug-likeness (QED) is 0.403. The van der Waals surface area contributed by atoms with Gasteiger partial charge in [0.1, 0.15) is 5.76 Å². The van der Waals surface area contributed by atoms with Crippen LogP contribution in [0.1, 0.15) is 29.2 Å². The molecule has 1 amide bonds. The molecule has 1 fully saturated rings. The fraction of sp³-hybridized carbons (Fsp3) is 0.304. The van der Waals surface area contributed by atoms with Crippen molar-refractivity contribution < 1.29 is 14.7 Å². The number of hydrogen-bond acceptors (Lipinski definition) is 4. The Morgan fingerprint density at radius 1 is 1.14 bits per heavy atom. The predicted molar refractivity (Wildman–Crippen MR) is 118 cm³/mol. The third-order valence-electron chi connectivity index (χ3n) is 5.03. The van der Waals surface area contributed by atoms with Crippen LogP contribution < -0.4 is 0 Å². The summed E-state index contributed by atoms with van der Waals surface area (Å²) in [4.78, 5) is 29.4. The summed E-state index contributed by atoms with van der Waals surface area (Å²) in [6.07, 6.45) is 0.731. The minimum absolute atomic E-state index is 0.136. The normalized spacial score (nSPS) is 18.7. The van der Waals surface area contributed by atoms with Crippen LogP contribution in [-0.4, -0.2) is 53.8 Å². The van der Waals surface area contributed by atoms with Gasteiger partial charge < -0.3 is 14.9 Å². The number of carbonyl (C=O) groups excluding carboxylic acids is 2. The van der Waals surface area contributed by atoms with E-state index in [1.54, 1.807) is 17.0 Å². The number of benzene rings is 2. The lowest BCUT2D eigenvalue weighted by Crippen LogP contribution is -2.32. The number of ketones is 1. The Bertz CT molecular complexity index is 951. The first-order valence-electron chi connectivity index (χ1n) is 9.55. The molecule has 1 heterocycles. The molecule has 0 unspecified atom stereocenters. The molecule has 152 valence electrons. The molecule has 1 aliphatic heterocycles. The van der Waals surface area contributed by atoms with E-state index in [2.05, 4.69) is 15.9 Å². The zero-order valence-corrected chi connectivity index (χ0v) is 18.4. The standard InChI is InChI=1S/C23H25BrN2O3/c1-15-8-10-16(11-9-15)21(27)19-20(17-6-4-7-18(24)14-17)26(23(29)22(19)28)13-5-12-25(2)3/h4,6-11,14,20,27H,5,12-13H2,1-3H3/t20-/m0/s1. The number of amides is 1. The van der Waals surface area contributed by atoms with Crippen molar-refractivity contribution in [2.24, 2.45) is 0 Å². The number of likely N-dealkylation sites (tertiary alicyclic amines) is 1. The highest BCUT2D eigenvalue weighted by Crippen LogP contribution is 2.40. The maximum absolute atomic E-state index is 12.9. The second-order valence-electron chi connectivity index (χ2n) is 7.57. The van der Waals surface area contributed by atoms with Crippen LogP contribution in [0.2, 0.25) is 0 Å². The summed E-state index contributed by atoms with van der Waals surface area (Å²) in [5.74, 6) is -1.34. The molecule has 0 radical (unpaired) electrons. The summed E-state index contributed by atoms with van der Waals surface area (Å²) < 4.78 is 0.851. The smallest absolute Gasteiger partial charge is 0.295 e. The second-order valence-corrected chi connectivity index (χ2v) is 8.49. The topological polar surface area (TPSA) is 60.9 Å². The molecule has 1 atom stereocenters. The van der Waals surface area contributed by atoms with Crippen LogP contribution in [0, 0.1) is 6.92 Å². The number of aliphatic hydroxyl groups is 1. The molecular weight excluding hydrogens is 432 g/mol. The van der Waals surface area contributed by atoms with Crippen molar-refractivity contribution in [1.29, 1.82) is 0 Å². The molecule has 1 saturated heterocycles. The van der Waals surface area contributed by atoms with Crippen molar-refractivity contribution in [1.82, 2.24) is 9.80 Å². The molecule has 2 aromatic rings. The van der Waals surface area contributed by atoms with Gasteiger partial charge >= 0.3 is 0 Å². The van der Waals surface area contributed by atoms with Gasteiger partial charge in [0, 0.05) is 16.6 Å². The fourth-order valence-corrected chi connectivity index (χ4v) is 3.98. The first-order valence-corrected chi connectivity index (χ1v) is 10.3. The summed E-state index contributed by atoms with van der Waals surface area (Å²) in [7, 11) is 3.94. The maximum Gasteiger partial charge on any atom is 0.295 e. The molecule has 5 nitrogen and oxygen atoms in total. The molecular formula is C23H25BrN2O3. The van der Waals surface area contributed by atoms with Gasteiger partial charge in [0.2, 0.25) is 0 Å². The van der Waals surface area contributed by atoms with E-state index < -0.39 is 17.7 Å². The van der Waals surface area contributed by atoms with Crippen molar-refractivity contribution in [2.45, 2.75) is 19.4 Å². The summed E-state index contributed by atoms with van der Waals surface area (Å²) >= 11 is 3.47. The molecule has 0 spiro atoms. The van der Waals surface area contributed by atoms with E-state index >= 15 is 0 Å². The van der Waals surface area contributed by atoms with E-state index in [9.17, 15) is 14.7 Å². The Balaban J connectivity index is 2.09. The lowest BCUT2D eigenvalue weighted by molar-refractivity contribution is -0.139. The Labute approximate surface area is 179 Å². The fourth-order valence-electron chi connectivity index (χ4n) is 3.56. The molecule has 6 heteroatoms. The monoisotopic (exact) mass is 456 g/mol. The van der Waals surface area contributed by atoms with E-state index in [0.29, 0.717) is 12.1 Å². The van der Waals surface area contributed by atoms with Gasteiger partial charge in [-0.2, -0.15) is 0 Å². The Kier molecular flexibility index (Phi) is 6.55. The number of aryl methyl sites for hydroxylation is 1. The number of Topliss-reactive ketones (excluding diaryl/α,β-unsaturated/α-hetero) is 1. The number of aliphatic hydroxyl groups excluding tert-OH is 1. The van der Waals surface area contributed by atoms with E-state index in [4.69, 9.17) is 0 Å². The zero-order valence-electron chi connectivity index (χ0n) is 16.9. The summed E-state index contributed by atoms with van der Waals surface area (Å²) in [6, 6.07) is 14.2. The SMILES string of the molecule is Cc1ccc(C(O)=C2C(=O)C(=O)N(CCCN(C)C)[C@H]2c2cccc(Br)c2)cc1. The lowest BCUT2D eigenvalue weighted by Gasteiger charge is -2.26. The predicted octanol–water partition coefficient (Wildman–Crippen LogP) is 4.13. The van der Waals surface area contributed by atoms with Gasteiger partial charge in [-0.05, 0) is 51.7 Å². The molecule has 1 aliphatic rings. The van der Waals surface area contributed by atoms with Crippen molar-refractivity contribution >= 4 is 33.4 Å². The maximum atomic E-state index is 12.9. The van der Waals surface area contributed by atoms with Crippen molar-refractivity contribution in [3.05, 3.63) is 75.3 Å². The van der Waals surface area contributed by atoms with Gasteiger partial charge in [-0.1, -0.05) is 57.9 Å². The third kappa shape index (κ3) is 4.60. The summed E-state index contributed by atoms with van der Waals surface area (Å²) in [5, 5.41) is 11.0. The Morgan fingerprint density at radius 3 is 2.45 bits per heavy atom. The third-order valence-corrected chi connectivity index (χ3v) is 5.53. The van der Waals surface area contributed by atoms with E-state index in [1.165, 1.54) is 0 Å². The molecule has 1 N–H and O–H groups in total. The summed E-state index contributed by atoms with van der Waals surface area (Å²) in [5.41, 5.74) is 2.51. The van der Waals surface area contributed by atoms with Crippen LogP contribution in [0.25, 0.3) is 5.76 Å². The molecule has 0 aromatic heterocycles. The van der Waals surface area contributed by atoms with Crippen LogP contribution in [-0.2, 0) is 9.59 Å². The molecule has 29 heavy (non-hydrogen) atoms. The molecule has 0 aliphatic carbocycles. The van der Waals surface area contributed by atoms with Crippen molar-refractivity contribution in [3.8, 4) is 0 Å². The molecule has 0 bridgehead atoms. The van der Waals surface area contributed by atoms with Gasteiger partial charge in [-0.25, -0.2) is 0 Å². The molecule has 0 saturated carbocycles. The average Bonchev–Trinajstić information content (AvgIpc) is 2.93. The molecule has 3 rings (SSSR count). The first kappa shape index (κ1) is 21.3. The van der Waals surface area contributed by atoms with Crippen molar-refractivity contribution in [2.75, 3.05) is 27.2 Å². The molecule has 2 aromatic carbocycles. The van der Waals surface area contributed by atoms with Gasteiger partial charge in [-0.3, -0.25) is 9.59 Å². The first-order chi connectivity index (χ1) is 13.8. The van der Waals surface area contributed by atoms with Crippen LogP contribution in [0.5, 0.6) is 0 Å². The van der Waals surface area contributed by atoms with E-state index in [-0.39, 0.29) is 11.3 Å². The van der Waals surface area contributed by atoms with Crippen LogP contribution in [0.3, 0.4) is 0 Å².